The van der Waals surface area contributed by atoms with Crippen LogP contribution in [0.25, 0.3) is 0 Å². The number of nitrogens with zero attached hydrogens (tertiary/aromatic N) is 4. The Morgan fingerprint density at radius 1 is 1.26 bits per heavy atom. The third-order valence-electron chi connectivity index (χ3n) is 4.84. The second-order valence-electron chi connectivity index (χ2n) is 6.65. The molecule has 1 fully saturated rings. The van der Waals surface area contributed by atoms with E-state index in [1.807, 2.05) is 0 Å². The normalized spacial score (nSPS) is 16.4. The zero-order valence-electron chi connectivity index (χ0n) is 15.4. The van der Waals surface area contributed by atoms with Crippen LogP contribution in [0.15, 0.2) is 23.2 Å². The summed E-state index contributed by atoms with van der Waals surface area (Å²) in [6.07, 6.45) is 2.37. The Morgan fingerprint density at radius 2 is 1.93 bits per heavy atom. The number of amides is 1. The van der Waals surface area contributed by atoms with Crippen molar-refractivity contribution in [2.24, 2.45) is 13.0 Å². The monoisotopic (exact) mass is 411 g/mol. The van der Waals surface area contributed by atoms with Gasteiger partial charge in [0.1, 0.15) is 10.7 Å². The molecular formula is C17H22ClN5O3S. The largest absolute Gasteiger partial charge is 0.310 e. The van der Waals surface area contributed by atoms with Crippen molar-refractivity contribution in [3.05, 3.63) is 34.7 Å². The second kappa shape index (κ2) is 7.57. The predicted molar refractivity (Wildman–Crippen MR) is 102 cm³/mol. The fourth-order valence-corrected chi connectivity index (χ4v) is 5.27. The van der Waals surface area contributed by atoms with Gasteiger partial charge in [-0.05, 0) is 38.8 Å². The van der Waals surface area contributed by atoms with E-state index in [2.05, 4.69) is 15.4 Å². The Balaban J connectivity index is 1.66. The Hall–Kier alpha value is -1.97. The Bertz CT molecular complexity index is 948. The number of piperidine rings is 1. The lowest BCUT2D eigenvalue weighted by molar-refractivity contribution is -0.120. The summed E-state index contributed by atoms with van der Waals surface area (Å²) < 4.78 is 29.0. The summed E-state index contributed by atoms with van der Waals surface area (Å²) in [6.45, 7) is 4.02. The average Bonchev–Trinajstić information content (AvgIpc) is 2.89. The van der Waals surface area contributed by atoms with Crippen molar-refractivity contribution < 1.29 is 13.2 Å². The molecule has 2 aromatic heterocycles. The zero-order valence-corrected chi connectivity index (χ0v) is 17.0. The quantitative estimate of drug-likeness (QED) is 0.831. The molecule has 3 heterocycles. The van der Waals surface area contributed by atoms with E-state index in [0.29, 0.717) is 48.2 Å². The molecule has 27 heavy (non-hydrogen) atoms. The van der Waals surface area contributed by atoms with Crippen molar-refractivity contribution in [1.29, 1.82) is 0 Å². The van der Waals surface area contributed by atoms with E-state index in [1.165, 1.54) is 10.5 Å². The van der Waals surface area contributed by atoms with Crippen LogP contribution in [0, 0.1) is 19.8 Å². The summed E-state index contributed by atoms with van der Waals surface area (Å²) in [5, 5.41) is 7.45. The number of carbonyl (C=O) groups is 1. The van der Waals surface area contributed by atoms with Crippen LogP contribution in [-0.2, 0) is 21.9 Å². The third-order valence-corrected chi connectivity index (χ3v) is 7.22. The van der Waals surface area contributed by atoms with E-state index >= 15 is 0 Å². The summed E-state index contributed by atoms with van der Waals surface area (Å²) in [5.74, 6) is 0.0155. The van der Waals surface area contributed by atoms with Crippen molar-refractivity contribution in [3.63, 3.8) is 0 Å². The minimum absolute atomic E-state index is 0.157. The number of nitrogens with one attached hydrogen (secondary N) is 1. The molecule has 1 aliphatic heterocycles. The molecule has 1 saturated heterocycles. The molecule has 0 aromatic carbocycles. The maximum absolute atomic E-state index is 13.0. The van der Waals surface area contributed by atoms with Crippen LogP contribution < -0.4 is 5.32 Å². The molecule has 0 unspecified atom stereocenters. The average molecular weight is 412 g/mol. The standard InChI is InChI=1S/C17H22ClN5O3S/c1-11-16(12(2)22(3)21-11)27(25,26)23-8-6-13(7-9-23)17(24)20-15-5-4-14(18)10-19-15/h4-5,10,13H,6-9H2,1-3H3,(H,19,20,24). The van der Waals surface area contributed by atoms with Crippen LogP contribution in [0.5, 0.6) is 0 Å². The molecule has 1 amide bonds. The van der Waals surface area contributed by atoms with Gasteiger partial charge in [-0.3, -0.25) is 9.48 Å². The van der Waals surface area contributed by atoms with Gasteiger partial charge in [0.2, 0.25) is 15.9 Å². The summed E-state index contributed by atoms with van der Waals surface area (Å²) in [6, 6.07) is 3.28. The fourth-order valence-electron chi connectivity index (χ4n) is 3.29. The minimum atomic E-state index is -3.62. The molecule has 0 spiro atoms. The molecule has 0 aliphatic carbocycles. The van der Waals surface area contributed by atoms with Crippen LogP contribution in [0.4, 0.5) is 5.82 Å². The van der Waals surface area contributed by atoms with Crippen molar-refractivity contribution in [2.75, 3.05) is 18.4 Å². The van der Waals surface area contributed by atoms with Crippen LogP contribution in [0.2, 0.25) is 5.02 Å². The van der Waals surface area contributed by atoms with Gasteiger partial charge in [-0.1, -0.05) is 11.6 Å². The number of carbonyl (C=O) groups excluding carboxylic acids is 1. The summed E-state index contributed by atoms with van der Waals surface area (Å²) in [5.41, 5.74) is 1.10. The van der Waals surface area contributed by atoms with Gasteiger partial charge in [-0.25, -0.2) is 13.4 Å². The van der Waals surface area contributed by atoms with Gasteiger partial charge < -0.3 is 5.32 Å². The van der Waals surface area contributed by atoms with Gasteiger partial charge in [0.05, 0.1) is 16.4 Å². The first-order valence-electron chi connectivity index (χ1n) is 8.63. The summed E-state index contributed by atoms with van der Waals surface area (Å²) >= 11 is 5.79. The number of pyridine rings is 1. The van der Waals surface area contributed by atoms with Gasteiger partial charge >= 0.3 is 0 Å². The molecule has 10 heteroatoms. The van der Waals surface area contributed by atoms with Gasteiger partial charge in [0.25, 0.3) is 0 Å². The topological polar surface area (TPSA) is 97.2 Å². The molecule has 1 aliphatic rings. The maximum atomic E-state index is 13.0. The molecule has 0 atom stereocenters. The van der Waals surface area contributed by atoms with Gasteiger partial charge in [-0.2, -0.15) is 9.40 Å². The molecular weight excluding hydrogens is 390 g/mol. The van der Waals surface area contributed by atoms with Crippen LogP contribution >= 0.6 is 11.6 Å². The number of aromatic nitrogens is 3. The first-order valence-corrected chi connectivity index (χ1v) is 10.4. The number of sulfonamides is 1. The first kappa shape index (κ1) is 19.8. The lowest BCUT2D eigenvalue weighted by Crippen LogP contribution is -2.41. The van der Waals surface area contributed by atoms with E-state index in [9.17, 15) is 13.2 Å². The molecule has 2 aromatic rings. The Morgan fingerprint density at radius 3 is 2.44 bits per heavy atom. The van der Waals surface area contributed by atoms with Crippen molar-refractivity contribution in [2.45, 2.75) is 31.6 Å². The second-order valence-corrected chi connectivity index (χ2v) is 8.96. The van der Waals surface area contributed by atoms with Crippen LogP contribution in [0.1, 0.15) is 24.2 Å². The lowest BCUT2D eigenvalue weighted by atomic mass is 9.97. The van der Waals surface area contributed by atoms with Crippen molar-refractivity contribution >= 4 is 33.3 Å². The van der Waals surface area contributed by atoms with Gasteiger partial charge in [0.15, 0.2) is 0 Å². The molecule has 1 N–H and O–H groups in total. The van der Waals surface area contributed by atoms with E-state index in [1.54, 1.807) is 37.7 Å². The number of halogens is 1. The lowest BCUT2D eigenvalue weighted by Gasteiger charge is -2.30. The Labute approximate surface area is 163 Å². The highest BCUT2D eigenvalue weighted by Gasteiger charge is 2.35. The van der Waals surface area contributed by atoms with Gasteiger partial charge in [0, 0.05) is 32.3 Å². The number of anilines is 1. The molecule has 3 rings (SSSR count). The van der Waals surface area contributed by atoms with Gasteiger partial charge in [-0.15, -0.1) is 0 Å². The number of hydrogen-bond acceptors (Lipinski definition) is 5. The summed E-state index contributed by atoms with van der Waals surface area (Å²) in [7, 11) is -1.90. The molecule has 0 radical (unpaired) electrons. The SMILES string of the molecule is Cc1nn(C)c(C)c1S(=O)(=O)N1CCC(C(=O)Nc2ccc(Cl)cn2)CC1. The Kier molecular flexibility index (Phi) is 5.55. The number of aryl methyl sites for hydroxylation is 2. The van der Waals surface area contributed by atoms with Crippen LogP contribution in [0.3, 0.4) is 0 Å². The minimum Gasteiger partial charge on any atom is -0.310 e. The third kappa shape index (κ3) is 3.99. The molecule has 146 valence electrons. The van der Waals surface area contributed by atoms with E-state index in [0.717, 1.165) is 0 Å². The smallest absolute Gasteiger partial charge is 0.246 e. The zero-order chi connectivity index (χ0) is 19.8. The van der Waals surface area contributed by atoms with Crippen molar-refractivity contribution in [3.8, 4) is 0 Å². The number of hydrogen-bond donors (Lipinski definition) is 1. The molecule has 0 bridgehead atoms. The van der Waals surface area contributed by atoms with Crippen molar-refractivity contribution in [1.82, 2.24) is 19.1 Å². The molecule has 8 nitrogen and oxygen atoms in total. The number of rotatable bonds is 4. The summed E-state index contributed by atoms with van der Waals surface area (Å²) in [4.78, 5) is 16.7. The van der Waals surface area contributed by atoms with E-state index in [-0.39, 0.29) is 16.7 Å². The highest BCUT2D eigenvalue weighted by molar-refractivity contribution is 7.89. The fraction of sp³-hybridized carbons (Fsp3) is 0.471. The maximum Gasteiger partial charge on any atom is 0.246 e. The highest BCUT2D eigenvalue weighted by atomic mass is 35.5. The van der Waals surface area contributed by atoms with E-state index in [4.69, 9.17) is 11.6 Å². The first-order chi connectivity index (χ1) is 12.7. The highest BCUT2D eigenvalue weighted by Crippen LogP contribution is 2.28. The molecule has 0 saturated carbocycles. The van der Waals surface area contributed by atoms with E-state index < -0.39 is 10.0 Å². The predicted octanol–water partition coefficient (Wildman–Crippen LogP) is 2.12. The van der Waals surface area contributed by atoms with Crippen LogP contribution in [-0.4, -0.2) is 46.5 Å².